The fourth-order valence-electron chi connectivity index (χ4n) is 3.96. The summed E-state index contributed by atoms with van der Waals surface area (Å²) in [7, 11) is 1.62. The van der Waals surface area contributed by atoms with Crippen molar-refractivity contribution in [2.24, 2.45) is 12.8 Å². The Morgan fingerprint density at radius 3 is 2.77 bits per heavy atom. The Kier molecular flexibility index (Phi) is 5.61. The fourth-order valence-corrected chi connectivity index (χ4v) is 3.96. The van der Waals surface area contributed by atoms with E-state index in [0.29, 0.717) is 36.0 Å². The molecule has 1 saturated heterocycles. The van der Waals surface area contributed by atoms with E-state index >= 15 is 0 Å². The van der Waals surface area contributed by atoms with Crippen LogP contribution in [0.25, 0.3) is 11.2 Å². The molecular weight excluding hydrogens is 396 g/mol. The first kappa shape index (κ1) is 20.8. The van der Waals surface area contributed by atoms with Crippen LogP contribution in [-0.4, -0.2) is 47.8 Å². The molecular formula is C21H26N8O2. The van der Waals surface area contributed by atoms with Crippen LogP contribution in [-0.2, 0) is 20.1 Å². The van der Waals surface area contributed by atoms with Crippen LogP contribution < -0.4 is 21.9 Å². The Labute approximate surface area is 179 Å². The Balaban J connectivity index is 1.93. The lowest BCUT2D eigenvalue weighted by Gasteiger charge is -2.31. The van der Waals surface area contributed by atoms with Gasteiger partial charge >= 0.3 is 5.69 Å². The van der Waals surface area contributed by atoms with E-state index in [1.807, 2.05) is 6.92 Å². The zero-order valence-electron chi connectivity index (χ0n) is 18.0. The number of hydrogen-bond acceptors (Lipinski definition) is 7. The minimum absolute atomic E-state index is 0.0162. The summed E-state index contributed by atoms with van der Waals surface area (Å²) in [6, 6.07) is 1.81. The minimum Gasteiger partial charge on any atom is -0.341 e. The van der Waals surface area contributed by atoms with Crippen LogP contribution in [0, 0.1) is 18.8 Å². The van der Waals surface area contributed by atoms with Gasteiger partial charge in [0.05, 0.1) is 13.1 Å². The van der Waals surface area contributed by atoms with E-state index in [-0.39, 0.29) is 12.6 Å². The van der Waals surface area contributed by atoms with Gasteiger partial charge in [-0.05, 0) is 32.8 Å². The molecule has 0 bridgehead atoms. The topological polar surface area (TPSA) is 117 Å². The summed E-state index contributed by atoms with van der Waals surface area (Å²) in [5.74, 6) is 6.92. The molecule has 4 rings (SSSR count). The molecule has 0 amide bonds. The second-order valence-corrected chi connectivity index (χ2v) is 7.79. The zero-order valence-corrected chi connectivity index (χ0v) is 18.0. The van der Waals surface area contributed by atoms with Gasteiger partial charge < -0.3 is 10.6 Å². The van der Waals surface area contributed by atoms with Crippen molar-refractivity contribution in [1.29, 1.82) is 0 Å². The molecule has 4 heterocycles. The molecule has 3 aromatic rings. The Hall–Kier alpha value is -3.45. The maximum absolute atomic E-state index is 13.5. The van der Waals surface area contributed by atoms with Crippen molar-refractivity contribution in [1.82, 2.24) is 28.7 Å². The molecule has 3 aromatic heterocycles. The number of aromatic nitrogens is 6. The van der Waals surface area contributed by atoms with Gasteiger partial charge in [-0.1, -0.05) is 5.92 Å². The fraction of sp³-hybridized carbons (Fsp3) is 0.476. The highest BCUT2D eigenvalue weighted by molar-refractivity contribution is 5.75. The average molecular weight is 422 g/mol. The molecule has 0 spiro atoms. The third kappa shape index (κ3) is 3.84. The van der Waals surface area contributed by atoms with Gasteiger partial charge in [-0.3, -0.25) is 18.5 Å². The maximum Gasteiger partial charge on any atom is 0.332 e. The summed E-state index contributed by atoms with van der Waals surface area (Å²) in [4.78, 5) is 41.8. The molecule has 0 radical (unpaired) electrons. The summed E-state index contributed by atoms with van der Waals surface area (Å²) in [6.45, 7) is 5.29. The smallest absolute Gasteiger partial charge is 0.332 e. The monoisotopic (exact) mass is 422 g/mol. The average Bonchev–Trinajstić information content (AvgIpc) is 3.13. The van der Waals surface area contributed by atoms with Crippen molar-refractivity contribution in [3.05, 3.63) is 44.6 Å². The number of fused-ring (bicyclic) bond motifs is 1. The van der Waals surface area contributed by atoms with Gasteiger partial charge in [0.25, 0.3) is 5.56 Å². The summed E-state index contributed by atoms with van der Waals surface area (Å²) in [5, 5.41) is 0. The van der Waals surface area contributed by atoms with Gasteiger partial charge in [0.2, 0.25) is 5.95 Å². The first-order chi connectivity index (χ1) is 14.9. The van der Waals surface area contributed by atoms with Crippen LogP contribution in [0.5, 0.6) is 0 Å². The van der Waals surface area contributed by atoms with E-state index in [1.165, 1.54) is 4.57 Å². The molecule has 162 valence electrons. The van der Waals surface area contributed by atoms with Crippen LogP contribution in [0.2, 0.25) is 0 Å². The lowest BCUT2D eigenvalue weighted by Crippen LogP contribution is -2.44. The van der Waals surface area contributed by atoms with Crippen LogP contribution in [0.4, 0.5) is 5.95 Å². The Morgan fingerprint density at radius 2 is 2.06 bits per heavy atom. The highest BCUT2D eigenvalue weighted by Crippen LogP contribution is 2.22. The predicted octanol–water partition coefficient (Wildman–Crippen LogP) is -0.00578. The summed E-state index contributed by atoms with van der Waals surface area (Å²) < 4.78 is 4.34. The summed E-state index contributed by atoms with van der Waals surface area (Å²) in [6.07, 6.45) is 3.51. The van der Waals surface area contributed by atoms with Crippen LogP contribution in [0.15, 0.2) is 21.9 Å². The van der Waals surface area contributed by atoms with Gasteiger partial charge in [-0.25, -0.2) is 14.8 Å². The molecule has 1 fully saturated rings. The van der Waals surface area contributed by atoms with E-state index in [9.17, 15) is 9.59 Å². The van der Waals surface area contributed by atoms with E-state index < -0.39 is 11.2 Å². The molecule has 0 saturated carbocycles. The van der Waals surface area contributed by atoms with Gasteiger partial charge in [-0.15, -0.1) is 5.92 Å². The van der Waals surface area contributed by atoms with Gasteiger partial charge in [0.1, 0.15) is 5.82 Å². The Morgan fingerprint density at radius 1 is 1.26 bits per heavy atom. The number of nitrogens with zero attached hydrogens (tertiary/aromatic N) is 7. The first-order valence-electron chi connectivity index (χ1n) is 10.3. The molecule has 10 heteroatoms. The largest absolute Gasteiger partial charge is 0.341 e. The number of rotatable bonds is 4. The third-order valence-electron chi connectivity index (χ3n) is 5.51. The normalized spacial score (nSPS) is 16.4. The van der Waals surface area contributed by atoms with Gasteiger partial charge in [-0.2, -0.15) is 4.98 Å². The second-order valence-electron chi connectivity index (χ2n) is 7.79. The van der Waals surface area contributed by atoms with Crippen molar-refractivity contribution >= 4 is 17.1 Å². The lowest BCUT2D eigenvalue weighted by atomic mass is 10.1. The first-order valence-corrected chi connectivity index (χ1v) is 10.3. The second kappa shape index (κ2) is 8.35. The molecule has 10 nitrogen and oxygen atoms in total. The molecule has 1 atom stereocenters. The predicted molar refractivity (Wildman–Crippen MR) is 118 cm³/mol. The standard InChI is InChI=1S/C21H26N8O2/c1-4-5-11-28-17-18(25-20(28)27-10-6-7-15(22)12-27)26(3)21(31)29(19(17)30)13-16-23-9-8-14(2)24-16/h8-9,15H,6-7,10-13,22H2,1-3H3. The quantitative estimate of drug-likeness (QED) is 0.588. The molecule has 1 unspecified atom stereocenters. The van der Waals surface area contributed by atoms with Crippen LogP contribution in [0.1, 0.15) is 31.3 Å². The van der Waals surface area contributed by atoms with Crippen molar-refractivity contribution in [3.63, 3.8) is 0 Å². The zero-order chi connectivity index (χ0) is 22.1. The van der Waals surface area contributed by atoms with Crippen LogP contribution >= 0.6 is 0 Å². The maximum atomic E-state index is 13.5. The van der Waals surface area contributed by atoms with E-state index in [4.69, 9.17) is 10.7 Å². The number of piperidine rings is 1. The Bertz CT molecular complexity index is 1310. The molecule has 0 aromatic carbocycles. The van der Waals surface area contributed by atoms with E-state index in [0.717, 1.165) is 29.6 Å². The number of anilines is 1. The highest BCUT2D eigenvalue weighted by Gasteiger charge is 2.26. The number of hydrogen-bond donors (Lipinski definition) is 1. The van der Waals surface area contributed by atoms with Crippen LogP contribution in [0.3, 0.4) is 0 Å². The molecule has 1 aliphatic rings. The minimum atomic E-state index is -0.462. The van der Waals surface area contributed by atoms with Gasteiger partial charge in [0.15, 0.2) is 11.2 Å². The number of nitrogens with two attached hydrogens (primary N) is 1. The molecule has 2 N–H and O–H groups in total. The van der Waals surface area contributed by atoms with Crippen molar-refractivity contribution in [2.45, 2.75) is 45.8 Å². The highest BCUT2D eigenvalue weighted by atomic mass is 16.2. The van der Waals surface area contributed by atoms with E-state index in [1.54, 1.807) is 30.8 Å². The third-order valence-corrected chi connectivity index (χ3v) is 5.51. The molecule has 31 heavy (non-hydrogen) atoms. The SMILES string of the molecule is CC#CCn1c(N2CCCC(N)C2)nc2c1c(=O)n(Cc1nccc(C)n1)c(=O)n2C. The van der Waals surface area contributed by atoms with Crippen molar-refractivity contribution in [2.75, 3.05) is 18.0 Å². The van der Waals surface area contributed by atoms with Crippen molar-refractivity contribution in [3.8, 4) is 11.8 Å². The number of imidazole rings is 1. The lowest BCUT2D eigenvalue weighted by molar-refractivity contribution is 0.496. The number of aryl methyl sites for hydroxylation is 2. The van der Waals surface area contributed by atoms with E-state index in [2.05, 4.69) is 26.7 Å². The summed E-state index contributed by atoms with van der Waals surface area (Å²) in [5.41, 5.74) is 6.72. The molecule has 0 aliphatic carbocycles. The molecule has 1 aliphatic heterocycles. The van der Waals surface area contributed by atoms with Crippen molar-refractivity contribution < 1.29 is 0 Å². The summed E-state index contributed by atoms with van der Waals surface area (Å²) >= 11 is 0. The van der Waals surface area contributed by atoms with Gasteiger partial charge in [0, 0.05) is 38.1 Å².